The van der Waals surface area contributed by atoms with Crippen LogP contribution in [0.15, 0.2) is 12.4 Å². The van der Waals surface area contributed by atoms with Gasteiger partial charge in [-0.15, -0.1) is 0 Å². The summed E-state index contributed by atoms with van der Waals surface area (Å²) < 4.78 is 1.69. The Hall–Kier alpha value is -1.16. The summed E-state index contributed by atoms with van der Waals surface area (Å²) in [5, 5.41) is 7.66. The minimum atomic E-state index is 0.00792. The molecule has 3 atom stereocenters. The highest BCUT2D eigenvalue weighted by Gasteiger charge is 2.34. The van der Waals surface area contributed by atoms with E-state index in [0.29, 0.717) is 6.04 Å². The highest BCUT2D eigenvalue weighted by Crippen LogP contribution is 2.32. The maximum atomic E-state index is 12.4. The first kappa shape index (κ1) is 11.9. The van der Waals surface area contributed by atoms with Crippen molar-refractivity contribution in [1.82, 2.24) is 15.1 Å². The van der Waals surface area contributed by atoms with Crippen LogP contribution in [0.4, 0.5) is 0 Å². The van der Waals surface area contributed by atoms with Crippen molar-refractivity contribution >= 4 is 5.78 Å². The lowest BCUT2D eigenvalue weighted by Crippen LogP contribution is -2.52. The molecule has 0 radical (unpaired) electrons. The van der Waals surface area contributed by atoms with Gasteiger partial charge in [-0.25, -0.2) is 0 Å². The zero-order valence-corrected chi connectivity index (χ0v) is 10.9. The monoisotopic (exact) mass is 247 g/mol. The molecule has 4 heteroatoms. The van der Waals surface area contributed by atoms with Crippen molar-refractivity contribution in [3.8, 4) is 0 Å². The van der Waals surface area contributed by atoms with Gasteiger partial charge in [0.1, 0.15) is 0 Å². The van der Waals surface area contributed by atoms with E-state index >= 15 is 0 Å². The van der Waals surface area contributed by atoms with Crippen LogP contribution in [0.5, 0.6) is 0 Å². The first-order valence-corrected chi connectivity index (χ1v) is 7.03. The molecule has 2 fully saturated rings. The molecule has 2 aliphatic rings. The molecule has 1 aliphatic carbocycles. The minimum Gasteiger partial charge on any atom is -0.304 e. The quantitative estimate of drug-likeness (QED) is 0.812. The fourth-order valence-corrected chi connectivity index (χ4v) is 3.45. The van der Waals surface area contributed by atoms with Crippen molar-refractivity contribution in [3.63, 3.8) is 0 Å². The number of fused-ring (bicyclic) bond motifs is 1. The fourth-order valence-electron chi connectivity index (χ4n) is 3.45. The van der Waals surface area contributed by atoms with Gasteiger partial charge in [0.2, 0.25) is 0 Å². The van der Waals surface area contributed by atoms with Gasteiger partial charge in [-0.05, 0) is 31.6 Å². The SMILES string of the molecule is Cn1cc(C(=O)C2CCC3CCCCC3N2)cn1. The van der Waals surface area contributed by atoms with Crippen LogP contribution in [-0.4, -0.2) is 27.6 Å². The molecule has 1 aromatic rings. The molecule has 0 aromatic carbocycles. The molecule has 2 heterocycles. The summed E-state index contributed by atoms with van der Waals surface area (Å²) in [7, 11) is 1.85. The third-order valence-electron chi connectivity index (χ3n) is 4.46. The van der Waals surface area contributed by atoms with Crippen LogP contribution in [0, 0.1) is 5.92 Å². The molecule has 0 bridgehead atoms. The maximum absolute atomic E-state index is 12.4. The lowest BCUT2D eigenvalue weighted by Gasteiger charge is -2.39. The van der Waals surface area contributed by atoms with Crippen molar-refractivity contribution in [2.24, 2.45) is 13.0 Å². The maximum Gasteiger partial charge on any atom is 0.182 e. The van der Waals surface area contributed by atoms with E-state index in [-0.39, 0.29) is 11.8 Å². The van der Waals surface area contributed by atoms with Crippen molar-refractivity contribution < 1.29 is 4.79 Å². The fraction of sp³-hybridized carbons (Fsp3) is 0.714. The number of carbonyl (C=O) groups is 1. The smallest absolute Gasteiger partial charge is 0.182 e. The first-order chi connectivity index (χ1) is 8.74. The lowest BCUT2D eigenvalue weighted by molar-refractivity contribution is 0.0861. The molecular weight excluding hydrogens is 226 g/mol. The Morgan fingerprint density at radius 3 is 2.94 bits per heavy atom. The van der Waals surface area contributed by atoms with Gasteiger partial charge in [-0.1, -0.05) is 12.8 Å². The standard InChI is InChI=1S/C14H21N3O/c1-17-9-11(8-15-17)14(18)13-7-6-10-4-2-3-5-12(10)16-13/h8-10,12-13,16H,2-7H2,1H3. The number of rotatable bonds is 2. The summed E-state index contributed by atoms with van der Waals surface area (Å²) in [6.07, 6.45) is 10.9. The Bertz CT molecular complexity index is 440. The molecule has 3 unspecified atom stereocenters. The minimum absolute atomic E-state index is 0.00792. The average Bonchev–Trinajstić information content (AvgIpc) is 2.84. The topological polar surface area (TPSA) is 46.9 Å². The Morgan fingerprint density at radius 2 is 2.17 bits per heavy atom. The summed E-state index contributed by atoms with van der Waals surface area (Å²) in [4.78, 5) is 12.4. The summed E-state index contributed by atoms with van der Waals surface area (Å²) in [6, 6.07) is 0.576. The van der Waals surface area contributed by atoms with E-state index in [1.165, 1.54) is 32.1 Å². The van der Waals surface area contributed by atoms with E-state index in [2.05, 4.69) is 10.4 Å². The second-order valence-electron chi connectivity index (χ2n) is 5.71. The highest BCUT2D eigenvalue weighted by atomic mass is 16.1. The number of hydrogen-bond acceptors (Lipinski definition) is 3. The highest BCUT2D eigenvalue weighted by molar-refractivity contribution is 5.99. The van der Waals surface area contributed by atoms with Gasteiger partial charge in [0.25, 0.3) is 0 Å². The van der Waals surface area contributed by atoms with Crippen LogP contribution < -0.4 is 5.32 Å². The number of Topliss-reactive ketones (excluding diaryl/α,β-unsaturated/α-hetero) is 1. The number of hydrogen-bond donors (Lipinski definition) is 1. The Balaban J connectivity index is 1.68. The molecular formula is C14H21N3O. The molecule has 0 amide bonds. The number of nitrogens with zero attached hydrogens (tertiary/aromatic N) is 2. The number of piperidine rings is 1. The third-order valence-corrected chi connectivity index (χ3v) is 4.46. The van der Waals surface area contributed by atoms with E-state index in [1.54, 1.807) is 10.9 Å². The lowest BCUT2D eigenvalue weighted by atomic mass is 9.77. The molecule has 0 spiro atoms. The average molecular weight is 247 g/mol. The third kappa shape index (κ3) is 2.21. The van der Waals surface area contributed by atoms with Crippen LogP contribution >= 0.6 is 0 Å². The van der Waals surface area contributed by atoms with Gasteiger partial charge in [-0.3, -0.25) is 9.48 Å². The first-order valence-electron chi connectivity index (χ1n) is 7.03. The van der Waals surface area contributed by atoms with E-state index in [1.807, 2.05) is 13.2 Å². The van der Waals surface area contributed by atoms with Crippen molar-refractivity contribution in [3.05, 3.63) is 18.0 Å². The normalized spacial score (nSPS) is 31.9. The Morgan fingerprint density at radius 1 is 1.33 bits per heavy atom. The van der Waals surface area contributed by atoms with Gasteiger partial charge in [0.05, 0.1) is 17.8 Å². The number of nitrogens with one attached hydrogen (secondary N) is 1. The van der Waals surface area contributed by atoms with Gasteiger partial charge in [0.15, 0.2) is 5.78 Å². The van der Waals surface area contributed by atoms with Crippen molar-refractivity contribution in [2.75, 3.05) is 0 Å². The molecule has 4 nitrogen and oxygen atoms in total. The molecule has 1 aliphatic heterocycles. The molecule has 1 saturated heterocycles. The zero-order valence-electron chi connectivity index (χ0n) is 10.9. The molecule has 1 N–H and O–H groups in total. The van der Waals surface area contributed by atoms with Gasteiger partial charge in [0, 0.05) is 19.3 Å². The largest absolute Gasteiger partial charge is 0.304 e. The van der Waals surface area contributed by atoms with Gasteiger partial charge < -0.3 is 5.32 Å². The number of aromatic nitrogens is 2. The van der Waals surface area contributed by atoms with E-state index in [9.17, 15) is 4.79 Å². The predicted molar refractivity (Wildman–Crippen MR) is 69.4 cm³/mol. The zero-order chi connectivity index (χ0) is 12.5. The van der Waals surface area contributed by atoms with E-state index in [4.69, 9.17) is 0 Å². The van der Waals surface area contributed by atoms with Crippen LogP contribution in [0.2, 0.25) is 0 Å². The predicted octanol–water partition coefficient (Wildman–Crippen LogP) is 1.91. The van der Waals surface area contributed by atoms with Crippen LogP contribution in [0.1, 0.15) is 48.9 Å². The Labute approximate surface area is 108 Å². The summed E-state index contributed by atoms with van der Waals surface area (Å²) in [5.41, 5.74) is 0.740. The van der Waals surface area contributed by atoms with E-state index < -0.39 is 0 Å². The van der Waals surface area contributed by atoms with Crippen LogP contribution in [0.3, 0.4) is 0 Å². The number of aryl methyl sites for hydroxylation is 1. The number of ketones is 1. The summed E-state index contributed by atoms with van der Waals surface area (Å²) in [6.45, 7) is 0. The molecule has 3 rings (SSSR count). The van der Waals surface area contributed by atoms with E-state index in [0.717, 1.165) is 17.9 Å². The van der Waals surface area contributed by atoms with Gasteiger partial charge in [-0.2, -0.15) is 5.10 Å². The number of carbonyl (C=O) groups excluding carboxylic acids is 1. The summed E-state index contributed by atoms with van der Waals surface area (Å²) in [5.74, 6) is 1.02. The second-order valence-corrected chi connectivity index (χ2v) is 5.71. The molecule has 18 heavy (non-hydrogen) atoms. The van der Waals surface area contributed by atoms with Crippen molar-refractivity contribution in [1.29, 1.82) is 0 Å². The van der Waals surface area contributed by atoms with Crippen molar-refractivity contribution in [2.45, 2.75) is 50.6 Å². The molecule has 1 aromatic heterocycles. The molecule has 98 valence electrons. The van der Waals surface area contributed by atoms with Gasteiger partial charge >= 0.3 is 0 Å². The summed E-state index contributed by atoms with van der Waals surface area (Å²) >= 11 is 0. The second kappa shape index (κ2) is 4.84. The van der Waals surface area contributed by atoms with Crippen LogP contribution in [0.25, 0.3) is 0 Å². The Kier molecular flexibility index (Phi) is 3.20. The molecule has 1 saturated carbocycles. The van der Waals surface area contributed by atoms with Crippen LogP contribution in [-0.2, 0) is 7.05 Å².